The Morgan fingerprint density at radius 1 is 1.27 bits per heavy atom. The van der Waals surface area contributed by atoms with Gasteiger partial charge in [0.1, 0.15) is 17.6 Å². The predicted octanol–water partition coefficient (Wildman–Crippen LogP) is 4.33. The van der Waals surface area contributed by atoms with Crippen LogP contribution in [0.3, 0.4) is 0 Å². The second-order valence-corrected chi connectivity index (χ2v) is 7.70. The molecule has 7 nitrogen and oxygen atoms in total. The Morgan fingerprint density at radius 2 is 2.03 bits per heavy atom. The summed E-state index contributed by atoms with van der Waals surface area (Å²) in [6.45, 7) is 7.13. The highest BCUT2D eigenvalue weighted by Crippen LogP contribution is 2.43. The third-order valence-electron chi connectivity index (χ3n) is 5.17. The van der Waals surface area contributed by atoms with E-state index in [-0.39, 0.29) is 18.1 Å². The fourth-order valence-electron chi connectivity index (χ4n) is 3.71. The fraction of sp³-hybridized carbons (Fsp3) is 0.304. The van der Waals surface area contributed by atoms with Crippen LogP contribution in [0.25, 0.3) is 11.3 Å². The highest BCUT2D eigenvalue weighted by molar-refractivity contribution is 6.06. The Hall–Kier alpha value is -3.48. The molecule has 2 N–H and O–H groups in total. The average Bonchev–Trinajstić information content (AvgIpc) is 3.27. The summed E-state index contributed by atoms with van der Waals surface area (Å²) in [5, 5.41) is 10.1. The van der Waals surface area contributed by atoms with Gasteiger partial charge in [0.05, 0.1) is 25.0 Å². The molecule has 1 amide bonds. The minimum absolute atomic E-state index is 0.0226. The maximum absolute atomic E-state index is 13.0. The molecule has 0 saturated carbocycles. The summed E-state index contributed by atoms with van der Waals surface area (Å²) in [5.41, 5.74) is 3.93. The third-order valence-corrected chi connectivity index (χ3v) is 5.17. The van der Waals surface area contributed by atoms with Crippen LogP contribution in [0.1, 0.15) is 31.1 Å². The summed E-state index contributed by atoms with van der Waals surface area (Å²) >= 11 is 0. The Balaban J connectivity index is 1.75. The predicted molar refractivity (Wildman–Crippen MR) is 118 cm³/mol. The lowest BCUT2D eigenvalue weighted by atomic mass is 10.00. The molecule has 0 aliphatic carbocycles. The molecule has 4 rings (SSSR count). The number of aromatic amines is 1. The van der Waals surface area contributed by atoms with E-state index < -0.39 is 0 Å². The van der Waals surface area contributed by atoms with Gasteiger partial charge in [-0.2, -0.15) is 5.10 Å². The van der Waals surface area contributed by atoms with E-state index in [1.807, 2.05) is 49.4 Å². The summed E-state index contributed by atoms with van der Waals surface area (Å²) < 4.78 is 11.3. The SMILES string of the molecule is COc1ccc(NC(=O)c2cc3c(c(-c4ccn[nH]4)c2)N(C(C)C)CC(C)O3)cc1. The number of ether oxygens (including phenoxy) is 2. The molecular weight excluding hydrogens is 380 g/mol. The smallest absolute Gasteiger partial charge is 0.255 e. The number of benzene rings is 2. The third kappa shape index (κ3) is 3.83. The first-order chi connectivity index (χ1) is 14.5. The highest BCUT2D eigenvalue weighted by atomic mass is 16.5. The molecule has 0 radical (unpaired) electrons. The maximum Gasteiger partial charge on any atom is 0.255 e. The van der Waals surface area contributed by atoms with Gasteiger partial charge in [-0.15, -0.1) is 0 Å². The van der Waals surface area contributed by atoms with Crippen molar-refractivity contribution in [2.24, 2.45) is 0 Å². The van der Waals surface area contributed by atoms with Crippen molar-refractivity contribution < 1.29 is 14.3 Å². The van der Waals surface area contributed by atoms with Crippen molar-refractivity contribution in [3.8, 4) is 22.8 Å². The normalized spacial score (nSPS) is 15.5. The lowest BCUT2D eigenvalue weighted by Crippen LogP contribution is -2.42. The fourth-order valence-corrected chi connectivity index (χ4v) is 3.71. The number of anilines is 2. The zero-order valence-corrected chi connectivity index (χ0v) is 17.6. The minimum Gasteiger partial charge on any atom is -0.497 e. The lowest BCUT2D eigenvalue weighted by molar-refractivity contribution is 0.102. The van der Waals surface area contributed by atoms with Crippen LogP contribution in [0.15, 0.2) is 48.7 Å². The summed E-state index contributed by atoms with van der Waals surface area (Å²) in [5.74, 6) is 1.23. The molecule has 1 aliphatic rings. The Labute approximate surface area is 176 Å². The Bertz CT molecular complexity index is 1030. The number of nitrogens with one attached hydrogen (secondary N) is 2. The van der Waals surface area contributed by atoms with Crippen molar-refractivity contribution in [2.45, 2.75) is 32.9 Å². The van der Waals surface area contributed by atoms with Crippen LogP contribution in [0.4, 0.5) is 11.4 Å². The first-order valence-corrected chi connectivity index (χ1v) is 10.0. The molecule has 1 aliphatic heterocycles. The van der Waals surface area contributed by atoms with Crippen molar-refractivity contribution >= 4 is 17.3 Å². The number of hydrogen-bond donors (Lipinski definition) is 2. The van der Waals surface area contributed by atoms with Crippen LogP contribution >= 0.6 is 0 Å². The van der Waals surface area contributed by atoms with Gasteiger partial charge < -0.3 is 19.7 Å². The number of carbonyl (C=O) groups excluding carboxylic acids is 1. The largest absolute Gasteiger partial charge is 0.497 e. The molecule has 0 bridgehead atoms. The van der Waals surface area contributed by atoms with Crippen molar-refractivity contribution in [3.63, 3.8) is 0 Å². The highest BCUT2D eigenvalue weighted by Gasteiger charge is 2.30. The number of nitrogens with zero attached hydrogens (tertiary/aromatic N) is 2. The molecular formula is C23H26N4O3. The molecule has 1 aromatic heterocycles. The minimum atomic E-state index is -0.207. The molecule has 7 heteroatoms. The van der Waals surface area contributed by atoms with Gasteiger partial charge in [0.25, 0.3) is 5.91 Å². The number of rotatable bonds is 5. The zero-order chi connectivity index (χ0) is 21.3. The molecule has 156 valence electrons. The number of hydrogen-bond acceptors (Lipinski definition) is 5. The van der Waals surface area contributed by atoms with E-state index in [2.05, 4.69) is 34.3 Å². The van der Waals surface area contributed by atoms with Gasteiger partial charge >= 0.3 is 0 Å². The van der Waals surface area contributed by atoms with Gasteiger partial charge in [0, 0.05) is 29.1 Å². The number of amides is 1. The van der Waals surface area contributed by atoms with Crippen LogP contribution in [0, 0.1) is 0 Å². The quantitative estimate of drug-likeness (QED) is 0.659. The molecule has 2 aromatic carbocycles. The topological polar surface area (TPSA) is 79.5 Å². The van der Waals surface area contributed by atoms with Crippen LogP contribution in [-0.4, -0.2) is 41.9 Å². The van der Waals surface area contributed by atoms with E-state index in [9.17, 15) is 4.79 Å². The molecule has 0 saturated heterocycles. The van der Waals surface area contributed by atoms with Crippen molar-refractivity contribution in [3.05, 3.63) is 54.2 Å². The summed E-state index contributed by atoms with van der Waals surface area (Å²) in [6.07, 6.45) is 1.73. The monoisotopic (exact) mass is 406 g/mol. The van der Waals surface area contributed by atoms with Crippen molar-refractivity contribution in [1.82, 2.24) is 10.2 Å². The van der Waals surface area contributed by atoms with Gasteiger partial charge in [-0.25, -0.2) is 0 Å². The van der Waals surface area contributed by atoms with E-state index in [1.54, 1.807) is 13.3 Å². The number of fused-ring (bicyclic) bond motifs is 1. The van der Waals surface area contributed by atoms with Crippen LogP contribution in [0.5, 0.6) is 11.5 Å². The summed E-state index contributed by atoms with van der Waals surface area (Å²) in [4.78, 5) is 15.3. The van der Waals surface area contributed by atoms with Crippen molar-refractivity contribution in [1.29, 1.82) is 0 Å². The van der Waals surface area contributed by atoms with Crippen LogP contribution in [-0.2, 0) is 0 Å². The van der Waals surface area contributed by atoms with Gasteiger partial charge in [-0.1, -0.05) is 0 Å². The second kappa shape index (κ2) is 8.10. The van der Waals surface area contributed by atoms with E-state index >= 15 is 0 Å². The standard InChI is InChI=1S/C23H26N4O3/c1-14(2)27-13-15(3)30-21-12-16(11-19(22(21)27)20-9-10-24-26-20)23(28)25-17-5-7-18(29-4)8-6-17/h5-12,14-15H,13H2,1-4H3,(H,24,26)(H,25,28). The zero-order valence-electron chi connectivity index (χ0n) is 17.6. The summed E-state index contributed by atoms with van der Waals surface area (Å²) in [7, 11) is 1.61. The molecule has 30 heavy (non-hydrogen) atoms. The average molecular weight is 406 g/mol. The molecule has 1 unspecified atom stereocenters. The van der Waals surface area contributed by atoms with Gasteiger partial charge in [-0.3, -0.25) is 9.89 Å². The van der Waals surface area contributed by atoms with Crippen LogP contribution < -0.4 is 19.7 Å². The molecule has 3 aromatic rings. The Morgan fingerprint density at radius 3 is 2.67 bits per heavy atom. The maximum atomic E-state index is 13.0. The first kappa shape index (κ1) is 19.8. The number of carbonyl (C=O) groups is 1. The lowest BCUT2D eigenvalue weighted by Gasteiger charge is -2.39. The van der Waals surface area contributed by atoms with Gasteiger partial charge in [0.15, 0.2) is 0 Å². The van der Waals surface area contributed by atoms with Gasteiger partial charge in [0.2, 0.25) is 0 Å². The van der Waals surface area contributed by atoms with Crippen LogP contribution in [0.2, 0.25) is 0 Å². The van der Waals surface area contributed by atoms with E-state index in [0.29, 0.717) is 17.0 Å². The number of H-pyrrole nitrogens is 1. The first-order valence-electron chi connectivity index (χ1n) is 10.0. The second-order valence-electron chi connectivity index (χ2n) is 7.70. The number of aromatic nitrogens is 2. The van der Waals surface area contributed by atoms with E-state index in [4.69, 9.17) is 9.47 Å². The summed E-state index contributed by atoms with van der Waals surface area (Å²) in [6, 6.07) is 13.1. The van der Waals surface area contributed by atoms with E-state index in [0.717, 1.165) is 29.2 Å². The molecule has 2 heterocycles. The molecule has 1 atom stereocenters. The van der Waals surface area contributed by atoms with E-state index in [1.165, 1.54) is 0 Å². The Kier molecular flexibility index (Phi) is 5.35. The van der Waals surface area contributed by atoms with Crippen molar-refractivity contribution in [2.75, 3.05) is 23.9 Å². The van der Waals surface area contributed by atoms with Gasteiger partial charge in [-0.05, 0) is 63.2 Å². The molecule has 0 spiro atoms. The molecule has 0 fully saturated rings. The number of methoxy groups -OCH3 is 1.